The third kappa shape index (κ3) is 3.08. The Morgan fingerprint density at radius 3 is 3.18 bits per heavy atom. The highest BCUT2D eigenvalue weighted by Gasteiger charge is 2.31. The molecule has 0 unspecified atom stereocenters. The summed E-state index contributed by atoms with van der Waals surface area (Å²) in [5.41, 5.74) is 6.54. The molecule has 2 N–H and O–H groups in total. The van der Waals surface area contributed by atoms with Crippen LogP contribution in [0.5, 0.6) is 0 Å². The van der Waals surface area contributed by atoms with E-state index in [0.29, 0.717) is 24.0 Å². The Balaban J connectivity index is 1.69. The minimum Gasteiger partial charge on any atom is -0.444 e. The van der Waals surface area contributed by atoms with Gasteiger partial charge in [-0.25, -0.2) is 4.98 Å². The Kier molecular flexibility index (Phi) is 4.59. The highest BCUT2D eigenvalue weighted by atomic mass is 32.1. The van der Waals surface area contributed by atoms with Crippen LogP contribution in [0.3, 0.4) is 0 Å². The molecule has 0 spiro atoms. The summed E-state index contributed by atoms with van der Waals surface area (Å²) in [6.07, 6.45) is 4.04. The molecule has 1 aliphatic rings. The van der Waals surface area contributed by atoms with E-state index in [1.54, 1.807) is 17.6 Å². The molecule has 1 aliphatic heterocycles. The first kappa shape index (κ1) is 15.2. The zero-order valence-electron chi connectivity index (χ0n) is 12.7. The molecular formula is C16H21N3O2S. The SMILES string of the molecule is C[C@H]1CCCN(C(=O)Cc2coc(-c3cccs3)n2)[C@H]1CN. The third-order valence-electron chi connectivity index (χ3n) is 4.29. The van der Waals surface area contributed by atoms with E-state index in [0.717, 1.165) is 24.3 Å². The summed E-state index contributed by atoms with van der Waals surface area (Å²) in [4.78, 5) is 19.9. The van der Waals surface area contributed by atoms with Gasteiger partial charge in [0, 0.05) is 19.1 Å². The fourth-order valence-electron chi connectivity index (χ4n) is 3.08. The van der Waals surface area contributed by atoms with Crippen molar-refractivity contribution in [1.82, 2.24) is 9.88 Å². The van der Waals surface area contributed by atoms with Gasteiger partial charge in [0.2, 0.25) is 11.8 Å². The quantitative estimate of drug-likeness (QED) is 0.940. The van der Waals surface area contributed by atoms with Gasteiger partial charge in [-0.2, -0.15) is 0 Å². The molecule has 6 heteroatoms. The van der Waals surface area contributed by atoms with Gasteiger partial charge in [0.15, 0.2) is 0 Å². The van der Waals surface area contributed by atoms with Gasteiger partial charge in [0.25, 0.3) is 0 Å². The number of rotatable bonds is 4. The number of nitrogens with two attached hydrogens (primary N) is 1. The van der Waals surface area contributed by atoms with E-state index in [1.165, 1.54) is 0 Å². The second-order valence-electron chi connectivity index (χ2n) is 5.81. The molecule has 2 aromatic rings. The number of nitrogens with zero attached hydrogens (tertiary/aromatic N) is 2. The van der Waals surface area contributed by atoms with Crippen LogP contribution in [0.1, 0.15) is 25.5 Å². The fraction of sp³-hybridized carbons (Fsp3) is 0.500. The summed E-state index contributed by atoms with van der Waals surface area (Å²) in [6, 6.07) is 4.06. The molecule has 1 fully saturated rings. The summed E-state index contributed by atoms with van der Waals surface area (Å²) < 4.78 is 5.48. The molecule has 118 valence electrons. The highest BCUT2D eigenvalue weighted by molar-refractivity contribution is 7.13. The van der Waals surface area contributed by atoms with Crippen molar-refractivity contribution in [3.63, 3.8) is 0 Å². The molecule has 2 atom stereocenters. The summed E-state index contributed by atoms with van der Waals surface area (Å²) in [5.74, 6) is 1.13. The van der Waals surface area contributed by atoms with Crippen LogP contribution in [-0.2, 0) is 11.2 Å². The number of piperidine rings is 1. The number of likely N-dealkylation sites (tertiary alicyclic amines) is 1. The predicted octanol–water partition coefficient (Wildman–Crippen LogP) is 2.53. The van der Waals surface area contributed by atoms with E-state index < -0.39 is 0 Å². The second kappa shape index (κ2) is 6.62. The monoisotopic (exact) mass is 319 g/mol. The lowest BCUT2D eigenvalue weighted by Crippen LogP contribution is -2.51. The summed E-state index contributed by atoms with van der Waals surface area (Å²) in [5, 5.41) is 1.98. The highest BCUT2D eigenvalue weighted by Crippen LogP contribution is 2.25. The van der Waals surface area contributed by atoms with E-state index in [9.17, 15) is 4.79 Å². The molecular weight excluding hydrogens is 298 g/mol. The van der Waals surface area contributed by atoms with Gasteiger partial charge in [-0.15, -0.1) is 11.3 Å². The minimum atomic E-state index is 0.0908. The number of carbonyl (C=O) groups is 1. The Bertz CT molecular complexity index is 623. The number of carbonyl (C=O) groups excluding carboxylic acids is 1. The van der Waals surface area contributed by atoms with Gasteiger partial charge in [0.1, 0.15) is 6.26 Å². The van der Waals surface area contributed by atoms with E-state index >= 15 is 0 Å². The van der Waals surface area contributed by atoms with E-state index in [2.05, 4.69) is 11.9 Å². The van der Waals surface area contributed by atoms with E-state index in [1.807, 2.05) is 22.4 Å². The van der Waals surface area contributed by atoms with Crippen molar-refractivity contribution < 1.29 is 9.21 Å². The molecule has 2 aromatic heterocycles. The molecule has 3 rings (SSSR count). The number of aromatic nitrogens is 1. The fourth-order valence-corrected chi connectivity index (χ4v) is 3.73. The van der Waals surface area contributed by atoms with Crippen LogP contribution in [-0.4, -0.2) is 34.9 Å². The Labute approximate surface area is 134 Å². The van der Waals surface area contributed by atoms with Crippen molar-refractivity contribution in [2.24, 2.45) is 11.7 Å². The van der Waals surface area contributed by atoms with Crippen LogP contribution in [0.25, 0.3) is 10.8 Å². The van der Waals surface area contributed by atoms with E-state index in [-0.39, 0.29) is 18.4 Å². The van der Waals surface area contributed by atoms with Crippen LogP contribution < -0.4 is 5.73 Å². The van der Waals surface area contributed by atoms with Crippen LogP contribution in [0.15, 0.2) is 28.2 Å². The lowest BCUT2D eigenvalue weighted by molar-refractivity contribution is -0.135. The summed E-state index contributed by atoms with van der Waals surface area (Å²) >= 11 is 1.57. The molecule has 5 nitrogen and oxygen atoms in total. The van der Waals surface area contributed by atoms with Crippen molar-refractivity contribution in [3.8, 4) is 10.8 Å². The van der Waals surface area contributed by atoms with Gasteiger partial charge < -0.3 is 15.1 Å². The molecule has 1 amide bonds. The van der Waals surface area contributed by atoms with Crippen molar-refractivity contribution in [3.05, 3.63) is 29.5 Å². The maximum atomic E-state index is 12.6. The van der Waals surface area contributed by atoms with Crippen LogP contribution in [0, 0.1) is 5.92 Å². The topological polar surface area (TPSA) is 72.4 Å². The lowest BCUT2D eigenvalue weighted by Gasteiger charge is -2.39. The maximum absolute atomic E-state index is 12.6. The maximum Gasteiger partial charge on any atom is 0.236 e. The first-order valence-electron chi connectivity index (χ1n) is 7.67. The van der Waals surface area contributed by atoms with Gasteiger partial charge in [0.05, 0.1) is 17.0 Å². The molecule has 0 saturated carbocycles. The number of thiophene rings is 1. The van der Waals surface area contributed by atoms with Crippen LogP contribution >= 0.6 is 11.3 Å². The number of oxazole rings is 1. The predicted molar refractivity (Wildman–Crippen MR) is 86.5 cm³/mol. The van der Waals surface area contributed by atoms with Gasteiger partial charge >= 0.3 is 0 Å². The summed E-state index contributed by atoms with van der Waals surface area (Å²) in [6.45, 7) is 3.48. The van der Waals surface area contributed by atoms with Gasteiger partial charge in [-0.3, -0.25) is 4.79 Å². The Morgan fingerprint density at radius 2 is 2.45 bits per heavy atom. The van der Waals surface area contributed by atoms with Gasteiger partial charge in [-0.05, 0) is 30.2 Å². The number of amides is 1. The molecule has 0 aromatic carbocycles. The molecule has 0 aliphatic carbocycles. The first-order valence-corrected chi connectivity index (χ1v) is 8.55. The normalized spacial score (nSPS) is 22.0. The molecule has 22 heavy (non-hydrogen) atoms. The van der Waals surface area contributed by atoms with Crippen molar-refractivity contribution >= 4 is 17.2 Å². The van der Waals surface area contributed by atoms with Crippen molar-refractivity contribution in [1.29, 1.82) is 0 Å². The average molecular weight is 319 g/mol. The number of hydrogen-bond acceptors (Lipinski definition) is 5. The van der Waals surface area contributed by atoms with Crippen molar-refractivity contribution in [2.75, 3.05) is 13.1 Å². The standard InChI is InChI=1S/C16H21N3O2S/c1-11-4-2-6-19(13(11)9-17)15(20)8-12-10-21-16(18-12)14-5-3-7-22-14/h3,5,7,10-11,13H,2,4,6,8-9,17H2,1H3/t11-,13-/m0/s1. The average Bonchev–Trinajstić information content (AvgIpc) is 3.17. The van der Waals surface area contributed by atoms with Crippen LogP contribution in [0.2, 0.25) is 0 Å². The molecule has 3 heterocycles. The Hall–Kier alpha value is -1.66. The van der Waals surface area contributed by atoms with Gasteiger partial charge in [-0.1, -0.05) is 13.0 Å². The lowest BCUT2D eigenvalue weighted by atomic mass is 9.90. The Morgan fingerprint density at radius 1 is 1.59 bits per heavy atom. The smallest absolute Gasteiger partial charge is 0.236 e. The van der Waals surface area contributed by atoms with Crippen LogP contribution in [0.4, 0.5) is 0 Å². The first-order chi connectivity index (χ1) is 10.7. The largest absolute Gasteiger partial charge is 0.444 e. The van der Waals surface area contributed by atoms with Crippen molar-refractivity contribution in [2.45, 2.75) is 32.2 Å². The molecule has 1 saturated heterocycles. The minimum absolute atomic E-state index is 0.0908. The third-order valence-corrected chi connectivity index (χ3v) is 5.15. The molecule has 0 bridgehead atoms. The summed E-state index contributed by atoms with van der Waals surface area (Å²) in [7, 11) is 0. The number of hydrogen-bond donors (Lipinski definition) is 1. The zero-order valence-corrected chi connectivity index (χ0v) is 13.5. The second-order valence-corrected chi connectivity index (χ2v) is 6.76. The molecule has 0 radical (unpaired) electrons. The van der Waals surface area contributed by atoms with E-state index in [4.69, 9.17) is 10.2 Å². The zero-order chi connectivity index (χ0) is 15.5.